The van der Waals surface area contributed by atoms with Crippen molar-refractivity contribution in [1.82, 2.24) is 15.1 Å². The summed E-state index contributed by atoms with van der Waals surface area (Å²) in [5.41, 5.74) is 8.00. The molecule has 0 saturated carbocycles. The fourth-order valence-corrected chi connectivity index (χ4v) is 2.49. The van der Waals surface area contributed by atoms with E-state index in [-0.39, 0.29) is 6.03 Å². The van der Waals surface area contributed by atoms with Crippen molar-refractivity contribution in [2.75, 3.05) is 38.5 Å². The number of benzene rings is 1. The van der Waals surface area contributed by atoms with Crippen LogP contribution in [0.3, 0.4) is 0 Å². The summed E-state index contributed by atoms with van der Waals surface area (Å²) >= 11 is 0. The van der Waals surface area contributed by atoms with E-state index in [2.05, 4.69) is 23.2 Å². The van der Waals surface area contributed by atoms with Crippen molar-refractivity contribution in [2.45, 2.75) is 19.9 Å². The van der Waals surface area contributed by atoms with Crippen molar-refractivity contribution < 1.29 is 4.79 Å². The van der Waals surface area contributed by atoms with Gasteiger partial charge in [0.15, 0.2) is 0 Å². The second kappa shape index (κ2) is 7.14. The minimum absolute atomic E-state index is 0.0562. The lowest BCUT2D eigenvalue weighted by Gasteiger charge is -2.25. The molecule has 0 bridgehead atoms. The predicted molar refractivity (Wildman–Crippen MR) is 81.4 cm³/mol. The molecule has 3 N–H and O–H groups in total. The molecule has 0 radical (unpaired) electrons. The number of nitrogens with zero attached hydrogens (tertiary/aromatic N) is 2. The summed E-state index contributed by atoms with van der Waals surface area (Å²) < 4.78 is 0. The van der Waals surface area contributed by atoms with Crippen molar-refractivity contribution in [3.05, 3.63) is 29.8 Å². The lowest BCUT2D eigenvalue weighted by atomic mass is 10.1. The number of carbonyl (C=O) groups is 1. The first kappa shape index (κ1) is 14.7. The molecule has 5 nitrogen and oxygen atoms in total. The molecule has 2 rings (SSSR count). The molecule has 0 aliphatic carbocycles. The highest BCUT2D eigenvalue weighted by atomic mass is 16.2. The average molecular weight is 276 g/mol. The van der Waals surface area contributed by atoms with Crippen molar-refractivity contribution in [1.29, 1.82) is 0 Å². The van der Waals surface area contributed by atoms with Gasteiger partial charge in [-0.3, -0.25) is 4.90 Å². The smallest absolute Gasteiger partial charge is 0.317 e. The number of hydrogen-bond acceptors (Lipinski definition) is 3. The fourth-order valence-electron chi connectivity index (χ4n) is 2.49. The van der Waals surface area contributed by atoms with E-state index >= 15 is 0 Å². The number of urea groups is 1. The molecule has 1 fully saturated rings. The van der Waals surface area contributed by atoms with Gasteiger partial charge in [-0.1, -0.05) is 25.1 Å². The van der Waals surface area contributed by atoms with Gasteiger partial charge in [-0.25, -0.2) is 4.79 Å². The Morgan fingerprint density at radius 1 is 1.35 bits per heavy atom. The van der Waals surface area contributed by atoms with Crippen LogP contribution < -0.4 is 11.1 Å². The summed E-state index contributed by atoms with van der Waals surface area (Å²) in [6, 6.07) is 8.04. The van der Waals surface area contributed by atoms with E-state index in [1.54, 1.807) is 0 Å². The molecule has 1 aliphatic heterocycles. The Morgan fingerprint density at radius 2 is 2.15 bits per heavy atom. The van der Waals surface area contributed by atoms with Gasteiger partial charge >= 0.3 is 6.03 Å². The first-order valence-electron chi connectivity index (χ1n) is 7.29. The molecule has 0 atom stereocenters. The molecule has 110 valence electrons. The van der Waals surface area contributed by atoms with Gasteiger partial charge in [0.1, 0.15) is 0 Å². The summed E-state index contributed by atoms with van der Waals surface area (Å²) in [6.07, 6.45) is 1.10. The SMILES string of the molecule is CCCN(CCN1CCNC1=O)Cc1ccccc1N. The summed E-state index contributed by atoms with van der Waals surface area (Å²) in [7, 11) is 0. The van der Waals surface area contributed by atoms with E-state index in [1.165, 1.54) is 0 Å². The second-order valence-corrected chi connectivity index (χ2v) is 5.19. The number of para-hydroxylation sites is 1. The molecule has 0 aromatic heterocycles. The number of rotatable bonds is 7. The van der Waals surface area contributed by atoms with Crippen LogP contribution in [0, 0.1) is 0 Å². The molecule has 1 aromatic rings. The van der Waals surface area contributed by atoms with Gasteiger partial charge in [-0.2, -0.15) is 0 Å². The third-order valence-electron chi connectivity index (χ3n) is 3.62. The highest BCUT2D eigenvalue weighted by Crippen LogP contribution is 2.13. The van der Waals surface area contributed by atoms with E-state index in [0.29, 0.717) is 0 Å². The minimum atomic E-state index is 0.0562. The maximum absolute atomic E-state index is 11.5. The number of nitrogen functional groups attached to an aromatic ring is 1. The molecule has 1 saturated heterocycles. The van der Waals surface area contributed by atoms with Crippen LogP contribution in [0.2, 0.25) is 0 Å². The molecule has 20 heavy (non-hydrogen) atoms. The number of nitrogens with two attached hydrogens (primary N) is 1. The largest absolute Gasteiger partial charge is 0.398 e. The normalized spacial score (nSPS) is 14.9. The Labute approximate surface area is 120 Å². The lowest BCUT2D eigenvalue weighted by molar-refractivity contribution is 0.198. The van der Waals surface area contributed by atoms with E-state index < -0.39 is 0 Å². The van der Waals surface area contributed by atoms with Crippen LogP contribution in [0.5, 0.6) is 0 Å². The summed E-state index contributed by atoms with van der Waals surface area (Å²) in [5, 5.41) is 2.83. The molecule has 0 spiro atoms. The molecule has 2 amide bonds. The zero-order valence-electron chi connectivity index (χ0n) is 12.1. The monoisotopic (exact) mass is 276 g/mol. The summed E-state index contributed by atoms with van der Waals surface area (Å²) in [6.45, 7) is 7.27. The average Bonchev–Trinajstić information content (AvgIpc) is 2.84. The van der Waals surface area contributed by atoms with Gasteiger partial charge in [0.05, 0.1) is 0 Å². The van der Waals surface area contributed by atoms with Crippen LogP contribution in [0.1, 0.15) is 18.9 Å². The fraction of sp³-hybridized carbons (Fsp3) is 0.533. The van der Waals surface area contributed by atoms with Crippen LogP contribution in [0.25, 0.3) is 0 Å². The van der Waals surface area contributed by atoms with Crippen molar-refractivity contribution in [2.24, 2.45) is 0 Å². The number of carbonyl (C=O) groups excluding carboxylic acids is 1. The molecule has 1 heterocycles. The molecule has 1 aliphatic rings. The second-order valence-electron chi connectivity index (χ2n) is 5.19. The van der Waals surface area contributed by atoms with Gasteiger partial charge in [0.25, 0.3) is 0 Å². The highest BCUT2D eigenvalue weighted by molar-refractivity contribution is 5.76. The molecule has 1 aromatic carbocycles. The van der Waals surface area contributed by atoms with Crippen LogP contribution in [-0.2, 0) is 6.54 Å². The Balaban J connectivity index is 1.90. The highest BCUT2D eigenvalue weighted by Gasteiger charge is 2.19. The number of anilines is 1. The zero-order chi connectivity index (χ0) is 14.4. The van der Waals surface area contributed by atoms with Gasteiger partial charge < -0.3 is 16.0 Å². The first-order valence-corrected chi connectivity index (χ1v) is 7.29. The zero-order valence-corrected chi connectivity index (χ0v) is 12.1. The molecule has 5 heteroatoms. The van der Waals surface area contributed by atoms with E-state index in [4.69, 9.17) is 5.73 Å². The summed E-state index contributed by atoms with van der Waals surface area (Å²) in [5.74, 6) is 0. The quantitative estimate of drug-likeness (QED) is 0.742. The Kier molecular flexibility index (Phi) is 5.24. The van der Waals surface area contributed by atoms with E-state index in [9.17, 15) is 4.79 Å². The van der Waals surface area contributed by atoms with Crippen molar-refractivity contribution >= 4 is 11.7 Å². The van der Waals surface area contributed by atoms with Gasteiger partial charge in [0, 0.05) is 38.4 Å². The van der Waals surface area contributed by atoms with Gasteiger partial charge in [-0.05, 0) is 24.6 Å². The lowest BCUT2D eigenvalue weighted by Crippen LogP contribution is -2.37. The topological polar surface area (TPSA) is 61.6 Å². The van der Waals surface area contributed by atoms with Crippen LogP contribution >= 0.6 is 0 Å². The van der Waals surface area contributed by atoms with E-state index in [0.717, 1.165) is 56.9 Å². The molecular formula is C15H24N4O. The van der Waals surface area contributed by atoms with Crippen LogP contribution in [0.15, 0.2) is 24.3 Å². The summed E-state index contributed by atoms with van der Waals surface area (Å²) in [4.78, 5) is 15.8. The predicted octanol–water partition coefficient (Wildman–Crippen LogP) is 1.51. The maximum Gasteiger partial charge on any atom is 0.317 e. The van der Waals surface area contributed by atoms with Crippen molar-refractivity contribution in [3.63, 3.8) is 0 Å². The number of amides is 2. The molecule has 0 unspecified atom stereocenters. The third kappa shape index (κ3) is 3.87. The maximum atomic E-state index is 11.5. The van der Waals surface area contributed by atoms with Gasteiger partial charge in [-0.15, -0.1) is 0 Å². The third-order valence-corrected chi connectivity index (χ3v) is 3.62. The van der Waals surface area contributed by atoms with Crippen LogP contribution in [0.4, 0.5) is 10.5 Å². The number of hydrogen-bond donors (Lipinski definition) is 2. The standard InChI is InChI=1S/C15H24N4O/c1-2-8-18(10-11-19-9-7-17-15(19)20)12-13-5-3-4-6-14(13)16/h3-6H,2,7-12,16H2,1H3,(H,17,20). The Hall–Kier alpha value is -1.75. The Morgan fingerprint density at radius 3 is 2.80 bits per heavy atom. The molecular weight excluding hydrogens is 252 g/mol. The van der Waals surface area contributed by atoms with Crippen molar-refractivity contribution in [3.8, 4) is 0 Å². The first-order chi connectivity index (χ1) is 9.70. The Bertz CT molecular complexity index is 449. The van der Waals surface area contributed by atoms with Gasteiger partial charge in [0.2, 0.25) is 0 Å². The number of nitrogens with one attached hydrogen (secondary N) is 1. The van der Waals surface area contributed by atoms with Crippen LogP contribution in [-0.4, -0.2) is 48.6 Å². The van der Waals surface area contributed by atoms with E-state index in [1.807, 2.05) is 23.1 Å². The minimum Gasteiger partial charge on any atom is -0.398 e.